The summed E-state index contributed by atoms with van der Waals surface area (Å²) in [6, 6.07) is 0. The first-order chi connectivity index (χ1) is 9.22. The zero-order chi connectivity index (χ0) is 13.7. The number of ether oxygens (including phenoxy) is 1. The third kappa shape index (κ3) is 3.79. The third-order valence-electron chi connectivity index (χ3n) is 3.26. The van der Waals surface area contributed by atoms with Gasteiger partial charge in [-0.2, -0.15) is 0 Å². The van der Waals surface area contributed by atoms with Crippen molar-refractivity contribution >= 4 is 27.6 Å². The fraction of sp³-hybridized carbons (Fsp3) is 0.692. The van der Waals surface area contributed by atoms with Crippen molar-refractivity contribution in [3.63, 3.8) is 0 Å². The minimum Gasteiger partial charge on any atom is -0.381 e. The second-order valence-electron chi connectivity index (χ2n) is 4.85. The zero-order valence-electron chi connectivity index (χ0n) is 11.5. The maximum Gasteiger partial charge on any atom is 0.148 e. The van der Waals surface area contributed by atoms with Gasteiger partial charge >= 0.3 is 0 Å². The standard InChI is InChI=1S/C13H21BrN4O/c1-3-15-12-11(14)13(17-9-16-12)18(2)7-10-5-4-6-19-8-10/h9-10H,3-8H2,1-2H3,(H,15,16,17). The van der Waals surface area contributed by atoms with Crippen molar-refractivity contribution in [1.82, 2.24) is 9.97 Å². The van der Waals surface area contributed by atoms with E-state index < -0.39 is 0 Å². The average Bonchev–Trinajstić information content (AvgIpc) is 2.42. The van der Waals surface area contributed by atoms with Crippen LogP contribution in [-0.4, -0.2) is 43.3 Å². The van der Waals surface area contributed by atoms with Gasteiger partial charge in [-0.1, -0.05) is 0 Å². The highest BCUT2D eigenvalue weighted by Gasteiger charge is 2.19. The summed E-state index contributed by atoms with van der Waals surface area (Å²) in [7, 11) is 2.07. The monoisotopic (exact) mass is 328 g/mol. The lowest BCUT2D eigenvalue weighted by atomic mass is 10.0. The second-order valence-corrected chi connectivity index (χ2v) is 5.65. The van der Waals surface area contributed by atoms with E-state index in [9.17, 15) is 0 Å². The minimum absolute atomic E-state index is 0.586. The van der Waals surface area contributed by atoms with Crippen molar-refractivity contribution in [2.24, 2.45) is 5.92 Å². The SMILES string of the molecule is CCNc1ncnc(N(C)CC2CCCOC2)c1Br. The van der Waals surface area contributed by atoms with Crippen LogP contribution in [0.5, 0.6) is 0 Å². The Hall–Kier alpha value is -0.880. The van der Waals surface area contributed by atoms with Gasteiger partial charge in [0.05, 0.1) is 6.61 Å². The van der Waals surface area contributed by atoms with Crippen LogP contribution in [0.3, 0.4) is 0 Å². The molecule has 5 nitrogen and oxygen atoms in total. The Balaban J connectivity index is 2.05. The first-order valence-electron chi connectivity index (χ1n) is 6.75. The lowest BCUT2D eigenvalue weighted by Gasteiger charge is -2.28. The number of hydrogen-bond acceptors (Lipinski definition) is 5. The fourth-order valence-electron chi connectivity index (χ4n) is 2.34. The molecule has 1 atom stereocenters. The molecule has 0 aliphatic carbocycles. The van der Waals surface area contributed by atoms with Crippen molar-refractivity contribution in [2.45, 2.75) is 19.8 Å². The molecule has 6 heteroatoms. The van der Waals surface area contributed by atoms with E-state index in [1.165, 1.54) is 6.42 Å². The van der Waals surface area contributed by atoms with E-state index in [1.807, 2.05) is 0 Å². The number of nitrogens with one attached hydrogen (secondary N) is 1. The normalized spacial score (nSPS) is 19.2. The molecule has 1 saturated heterocycles. The summed E-state index contributed by atoms with van der Waals surface area (Å²) in [5.41, 5.74) is 0. The number of halogens is 1. The molecule has 0 aromatic carbocycles. The number of rotatable bonds is 5. The van der Waals surface area contributed by atoms with Crippen molar-refractivity contribution in [1.29, 1.82) is 0 Å². The van der Waals surface area contributed by atoms with Crippen LogP contribution in [0.2, 0.25) is 0 Å². The summed E-state index contributed by atoms with van der Waals surface area (Å²) < 4.78 is 6.45. The molecule has 0 spiro atoms. The molecule has 0 radical (unpaired) electrons. The van der Waals surface area contributed by atoms with Gasteiger partial charge in [-0.15, -0.1) is 0 Å². The van der Waals surface area contributed by atoms with E-state index in [4.69, 9.17) is 4.74 Å². The molecular formula is C13H21BrN4O. The predicted octanol–water partition coefficient (Wildman–Crippen LogP) is 2.53. The molecule has 1 aliphatic heterocycles. The van der Waals surface area contributed by atoms with E-state index in [0.717, 1.165) is 48.8 Å². The number of hydrogen-bond donors (Lipinski definition) is 1. The molecule has 1 N–H and O–H groups in total. The highest BCUT2D eigenvalue weighted by Crippen LogP contribution is 2.29. The number of nitrogens with zero attached hydrogens (tertiary/aromatic N) is 3. The summed E-state index contributed by atoms with van der Waals surface area (Å²) in [6.07, 6.45) is 3.99. The highest BCUT2D eigenvalue weighted by molar-refractivity contribution is 9.10. The first-order valence-corrected chi connectivity index (χ1v) is 7.55. The molecular weight excluding hydrogens is 308 g/mol. The molecule has 1 unspecified atom stereocenters. The number of anilines is 2. The van der Waals surface area contributed by atoms with Gasteiger partial charge in [-0.25, -0.2) is 9.97 Å². The summed E-state index contributed by atoms with van der Waals surface area (Å²) in [6.45, 7) is 5.61. The zero-order valence-corrected chi connectivity index (χ0v) is 13.1. The lowest BCUT2D eigenvalue weighted by Crippen LogP contribution is -2.31. The molecule has 2 rings (SSSR count). The van der Waals surface area contributed by atoms with E-state index in [1.54, 1.807) is 6.33 Å². The van der Waals surface area contributed by atoms with Gasteiger partial charge in [0.2, 0.25) is 0 Å². The minimum atomic E-state index is 0.586. The maximum atomic E-state index is 5.53. The molecule has 1 aromatic heterocycles. The molecule has 1 fully saturated rings. The van der Waals surface area contributed by atoms with Crippen LogP contribution in [0.4, 0.5) is 11.6 Å². The molecule has 0 saturated carbocycles. The van der Waals surface area contributed by atoms with Crippen molar-refractivity contribution < 1.29 is 4.74 Å². The largest absolute Gasteiger partial charge is 0.381 e. The molecule has 106 valence electrons. The predicted molar refractivity (Wildman–Crippen MR) is 80.7 cm³/mol. The quantitative estimate of drug-likeness (QED) is 0.900. The van der Waals surface area contributed by atoms with Gasteiger partial charge < -0.3 is 15.0 Å². The Morgan fingerprint density at radius 3 is 3.05 bits per heavy atom. The Morgan fingerprint density at radius 1 is 1.53 bits per heavy atom. The maximum absolute atomic E-state index is 5.53. The second kappa shape index (κ2) is 7.05. The van der Waals surface area contributed by atoms with Gasteiger partial charge in [0.15, 0.2) is 0 Å². The number of aromatic nitrogens is 2. The van der Waals surface area contributed by atoms with Gasteiger partial charge in [0.1, 0.15) is 22.4 Å². The van der Waals surface area contributed by atoms with E-state index in [2.05, 4.69) is 50.1 Å². The summed E-state index contributed by atoms with van der Waals surface area (Å²) >= 11 is 3.59. The Labute approximate surface area is 122 Å². The van der Waals surface area contributed by atoms with E-state index in [0.29, 0.717) is 5.92 Å². The summed E-state index contributed by atoms with van der Waals surface area (Å²) in [5, 5.41) is 3.23. The lowest BCUT2D eigenvalue weighted by molar-refractivity contribution is 0.0576. The molecule has 1 aliphatic rings. The fourth-order valence-corrected chi connectivity index (χ4v) is 2.99. The molecule has 0 amide bonds. The van der Waals surface area contributed by atoms with Crippen LogP contribution < -0.4 is 10.2 Å². The smallest absolute Gasteiger partial charge is 0.148 e. The van der Waals surface area contributed by atoms with Crippen LogP contribution in [0.25, 0.3) is 0 Å². The molecule has 19 heavy (non-hydrogen) atoms. The van der Waals surface area contributed by atoms with E-state index in [-0.39, 0.29) is 0 Å². The Kier molecular flexibility index (Phi) is 5.39. The Morgan fingerprint density at radius 2 is 2.37 bits per heavy atom. The van der Waals surface area contributed by atoms with Crippen LogP contribution in [0.1, 0.15) is 19.8 Å². The highest BCUT2D eigenvalue weighted by atomic mass is 79.9. The van der Waals surface area contributed by atoms with Crippen LogP contribution in [0, 0.1) is 5.92 Å². The van der Waals surface area contributed by atoms with Crippen molar-refractivity contribution in [2.75, 3.05) is 43.6 Å². The third-order valence-corrected chi connectivity index (χ3v) is 3.99. The summed E-state index contributed by atoms with van der Waals surface area (Å²) in [5.74, 6) is 2.36. The average molecular weight is 329 g/mol. The van der Waals surface area contributed by atoms with Crippen LogP contribution >= 0.6 is 15.9 Å². The van der Waals surface area contributed by atoms with Crippen LogP contribution in [-0.2, 0) is 4.74 Å². The van der Waals surface area contributed by atoms with Gasteiger partial charge in [-0.05, 0) is 41.6 Å². The van der Waals surface area contributed by atoms with Gasteiger partial charge in [-0.3, -0.25) is 0 Å². The first kappa shape index (κ1) is 14.5. The molecule has 1 aromatic rings. The van der Waals surface area contributed by atoms with Crippen molar-refractivity contribution in [3.8, 4) is 0 Å². The topological polar surface area (TPSA) is 50.3 Å². The Bertz CT molecular complexity index is 410. The van der Waals surface area contributed by atoms with Crippen molar-refractivity contribution in [3.05, 3.63) is 10.8 Å². The molecule has 0 bridgehead atoms. The summed E-state index contributed by atoms with van der Waals surface area (Å²) in [4.78, 5) is 10.8. The van der Waals surface area contributed by atoms with Crippen LogP contribution in [0.15, 0.2) is 10.8 Å². The van der Waals surface area contributed by atoms with Gasteiger partial charge in [0, 0.05) is 26.7 Å². The van der Waals surface area contributed by atoms with Gasteiger partial charge in [0.25, 0.3) is 0 Å². The molecule has 2 heterocycles. The van der Waals surface area contributed by atoms with E-state index >= 15 is 0 Å².